The summed E-state index contributed by atoms with van der Waals surface area (Å²) in [6, 6.07) is 13.1. The minimum atomic E-state index is -0.501. The summed E-state index contributed by atoms with van der Waals surface area (Å²) in [5.74, 6) is -0.822. The molecule has 0 fully saturated rings. The molecule has 0 atom stereocenters. The average molecular weight is 289 g/mol. The Kier molecular flexibility index (Phi) is 5.29. The van der Waals surface area contributed by atoms with E-state index in [4.69, 9.17) is 9.84 Å². The van der Waals surface area contributed by atoms with Gasteiger partial charge in [-0.3, -0.25) is 4.79 Å². The molecule has 0 unspecified atom stereocenters. The smallest absolute Gasteiger partial charge is 0.262 e. The van der Waals surface area contributed by atoms with Crippen LogP contribution in [0.2, 0.25) is 0 Å². The van der Waals surface area contributed by atoms with Gasteiger partial charge in [0.25, 0.3) is 5.91 Å². The first-order chi connectivity index (χ1) is 10.2. The highest BCUT2D eigenvalue weighted by Gasteiger charge is 2.06. The number of benzene rings is 2. The molecule has 0 saturated heterocycles. The second kappa shape index (κ2) is 7.40. The van der Waals surface area contributed by atoms with Crippen LogP contribution in [0.15, 0.2) is 48.5 Å². The molecule has 4 nitrogen and oxygen atoms in total. The Morgan fingerprint density at radius 3 is 2.52 bits per heavy atom. The monoisotopic (exact) mass is 289 g/mol. The molecule has 2 N–H and O–H groups in total. The van der Waals surface area contributed by atoms with Crippen LogP contribution in [0.4, 0.5) is 10.1 Å². The molecule has 2 aromatic carbocycles. The number of aliphatic hydroxyl groups is 1. The van der Waals surface area contributed by atoms with Crippen LogP contribution in [-0.4, -0.2) is 24.2 Å². The number of amides is 1. The van der Waals surface area contributed by atoms with Crippen molar-refractivity contribution in [1.29, 1.82) is 0 Å². The summed E-state index contributed by atoms with van der Waals surface area (Å²) in [6.45, 7) is -0.179. The third-order valence-electron chi connectivity index (χ3n) is 2.83. The van der Waals surface area contributed by atoms with Gasteiger partial charge in [0.15, 0.2) is 18.2 Å². The summed E-state index contributed by atoms with van der Waals surface area (Å²) < 4.78 is 18.4. The number of rotatable bonds is 6. The van der Waals surface area contributed by atoms with Crippen LogP contribution in [-0.2, 0) is 11.2 Å². The van der Waals surface area contributed by atoms with Gasteiger partial charge in [0, 0.05) is 12.3 Å². The maximum absolute atomic E-state index is 13.3. The number of aliphatic hydroxyl groups excluding tert-OH is 1. The molecular weight excluding hydrogens is 273 g/mol. The predicted octanol–water partition coefficient (Wildman–Crippen LogP) is 2.38. The van der Waals surface area contributed by atoms with Gasteiger partial charge in [-0.2, -0.15) is 0 Å². The van der Waals surface area contributed by atoms with Gasteiger partial charge in [-0.05, 0) is 36.2 Å². The lowest BCUT2D eigenvalue weighted by Crippen LogP contribution is -2.20. The van der Waals surface area contributed by atoms with Crippen molar-refractivity contribution in [3.05, 3.63) is 59.9 Å². The van der Waals surface area contributed by atoms with Crippen molar-refractivity contribution in [1.82, 2.24) is 0 Å². The first kappa shape index (κ1) is 15.0. The normalized spacial score (nSPS) is 10.2. The van der Waals surface area contributed by atoms with E-state index in [0.29, 0.717) is 12.1 Å². The Morgan fingerprint density at radius 1 is 1.14 bits per heavy atom. The zero-order chi connectivity index (χ0) is 15.1. The number of hydrogen-bond acceptors (Lipinski definition) is 3. The molecule has 1 amide bonds. The summed E-state index contributed by atoms with van der Waals surface area (Å²) in [4.78, 5) is 11.7. The second-order valence-corrected chi connectivity index (χ2v) is 4.44. The number of halogens is 1. The molecule has 0 aliphatic rings. The zero-order valence-electron chi connectivity index (χ0n) is 11.4. The van der Waals surface area contributed by atoms with Crippen LogP contribution >= 0.6 is 0 Å². The molecule has 0 spiro atoms. The van der Waals surface area contributed by atoms with Gasteiger partial charge in [-0.15, -0.1) is 0 Å². The van der Waals surface area contributed by atoms with Gasteiger partial charge in [-0.25, -0.2) is 4.39 Å². The molecule has 0 aromatic heterocycles. The Labute approximate surface area is 122 Å². The van der Waals surface area contributed by atoms with E-state index in [1.807, 2.05) is 12.1 Å². The maximum atomic E-state index is 13.3. The van der Waals surface area contributed by atoms with Crippen LogP contribution in [0.25, 0.3) is 0 Å². The van der Waals surface area contributed by atoms with E-state index in [9.17, 15) is 9.18 Å². The average Bonchev–Trinajstić information content (AvgIpc) is 2.49. The summed E-state index contributed by atoms with van der Waals surface area (Å²) in [7, 11) is 0. The number of para-hydroxylation sites is 1. The highest BCUT2D eigenvalue weighted by Crippen LogP contribution is 2.15. The third-order valence-corrected chi connectivity index (χ3v) is 2.83. The minimum Gasteiger partial charge on any atom is -0.481 e. The van der Waals surface area contributed by atoms with Gasteiger partial charge < -0.3 is 15.2 Å². The lowest BCUT2D eigenvalue weighted by Gasteiger charge is -2.08. The van der Waals surface area contributed by atoms with Crippen LogP contribution in [0.3, 0.4) is 0 Å². The maximum Gasteiger partial charge on any atom is 0.262 e. The molecular formula is C16H16FNO3. The molecule has 0 bridgehead atoms. The summed E-state index contributed by atoms with van der Waals surface area (Å²) in [5.41, 5.74) is 1.61. The third kappa shape index (κ3) is 4.57. The minimum absolute atomic E-state index is 0.0472. The fraction of sp³-hybridized carbons (Fsp3) is 0.188. The van der Waals surface area contributed by atoms with Crippen LogP contribution in [0, 0.1) is 5.82 Å². The van der Waals surface area contributed by atoms with Crippen molar-refractivity contribution in [2.75, 3.05) is 18.5 Å². The molecule has 0 aliphatic heterocycles. The number of hydrogen-bond donors (Lipinski definition) is 2. The number of anilines is 1. The Morgan fingerprint density at radius 2 is 1.86 bits per heavy atom. The number of ether oxygens (including phenoxy) is 1. The molecule has 0 aliphatic carbocycles. The predicted molar refractivity (Wildman–Crippen MR) is 77.8 cm³/mol. The van der Waals surface area contributed by atoms with E-state index in [-0.39, 0.29) is 24.9 Å². The van der Waals surface area contributed by atoms with Crippen LogP contribution < -0.4 is 10.1 Å². The molecule has 110 valence electrons. The van der Waals surface area contributed by atoms with Crippen molar-refractivity contribution in [2.45, 2.75) is 6.42 Å². The Hall–Kier alpha value is -2.40. The van der Waals surface area contributed by atoms with Gasteiger partial charge in [-0.1, -0.05) is 24.3 Å². The second-order valence-electron chi connectivity index (χ2n) is 4.44. The van der Waals surface area contributed by atoms with E-state index >= 15 is 0 Å². The largest absolute Gasteiger partial charge is 0.481 e. The first-order valence-corrected chi connectivity index (χ1v) is 6.56. The van der Waals surface area contributed by atoms with Gasteiger partial charge in [0.1, 0.15) is 0 Å². The number of carbonyl (C=O) groups excluding carboxylic acids is 1. The van der Waals surface area contributed by atoms with Crippen molar-refractivity contribution in [3.63, 3.8) is 0 Å². The molecule has 2 aromatic rings. The van der Waals surface area contributed by atoms with Crippen molar-refractivity contribution in [3.8, 4) is 5.75 Å². The molecule has 0 saturated carbocycles. The number of carbonyl (C=O) groups is 1. The zero-order valence-corrected chi connectivity index (χ0v) is 11.4. The first-order valence-electron chi connectivity index (χ1n) is 6.56. The SMILES string of the molecule is O=C(COc1ccccc1F)Nc1ccc(CCO)cc1. The van der Waals surface area contributed by atoms with Crippen LogP contribution in [0.1, 0.15) is 5.56 Å². The fourth-order valence-electron chi connectivity index (χ4n) is 1.79. The molecule has 21 heavy (non-hydrogen) atoms. The van der Waals surface area contributed by atoms with Crippen molar-refractivity contribution < 1.29 is 19.0 Å². The molecule has 0 heterocycles. The van der Waals surface area contributed by atoms with E-state index in [2.05, 4.69) is 5.32 Å². The topological polar surface area (TPSA) is 58.6 Å². The fourth-order valence-corrected chi connectivity index (χ4v) is 1.79. The van der Waals surface area contributed by atoms with E-state index in [1.165, 1.54) is 12.1 Å². The van der Waals surface area contributed by atoms with Crippen molar-refractivity contribution >= 4 is 11.6 Å². The standard InChI is InChI=1S/C16H16FNO3/c17-14-3-1-2-4-15(14)21-11-16(20)18-13-7-5-12(6-8-13)9-10-19/h1-8,19H,9-11H2,(H,18,20). The molecule has 2 rings (SSSR count). The summed E-state index contributed by atoms with van der Waals surface area (Å²) in [6.07, 6.45) is 0.574. The lowest BCUT2D eigenvalue weighted by atomic mass is 10.1. The van der Waals surface area contributed by atoms with Crippen molar-refractivity contribution in [2.24, 2.45) is 0 Å². The Balaban J connectivity index is 1.85. The van der Waals surface area contributed by atoms with Gasteiger partial charge >= 0.3 is 0 Å². The van der Waals surface area contributed by atoms with Gasteiger partial charge in [0.05, 0.1) is 0 Å². The van der Waals surface area contributed by atoms with E-state index in [0.717, 1.165) is 5.56 Å². The lowest BCUT2D eigenvalue weighted by molar-refractivity contribution is -0.118. The Bertz CT molecular complexity index is 599. The van der Waals surface area contributed by atoms with Gasteiger partial charge in [0.2, 0.25) is 0 Å². The number of nitrogens with one attached hydrogen (secondary N) is 1. The van der Waals surface area contributed by atoms with E-state index in [1.54, 1.807) is 24.3 Å². The quantitative estimate of drug-likeness (QED) is 0.858. The summed E-state index contributed by atoms with van der Waals surface area (Å²) in [5, 5.41) is 11.5. The highest BCUT2D eigenvalue weighted by atomic mass is 19.1. The summed E-state index contributed by atoms with van der Waals surface area (Å²) >= 11 is 0. The molecule has 0 radical (unpaired) electrons. The highest BCUT2D eigenvalue weighted by molar-refractivity contribution is 5.91. The van der Waals surface area contributed by atoms with Crippen LogP contribution in [0.5, 0.6) is 5.75 Å². The van der Waals surface area contributed by atoms with E-state index < -0.39 is 5.82 Å². The molecule has 5 heteroatoms.